The molecule has 1 saturated carbocycles. The second-order valence-corrected chi connectivity index (χ2v) is 7.73. The summed E-state index contributed by atoms with van der Waals surface area (Å²) in [5.41, 5.74) is 0.312. The van der Waals surface area contributed by atoms with Gasteiger partial charge in [0.15, 0.2) is 5.79 Å². The molecule has 1 aliphatic carbocycles. The molecule has 1 N–H and O–H groups in total. The van der Waals surface area contributed by atoms with Crippen LogP contribution in [0.2, 0.25) is 0 Å². The molecule has 0 bridgehead atoms. The summed E-state index contributed by atoms with van der Waals surface area (Å²) in [4.78, 5) is 11.5. The third kappa shape index (κ3) is 3.61. The average Bonchev–Trinajstić information content (AvgIpc) is 3.05. The molecule has 0 atom stereocenters. The molecular formula is C16H21NO6S. The highest BCUT2D eigenvalue weighted by Gasteiger charge is 2.41. The van der Waals surface area contributed by atoms with Crippen LogP contribution >= 0.6 is 0 Å². The number of esters is 1. The molecule has 7 nitrogen and oxygen atoms in total. The first kappa shape index (κ1) is 17.3. The van der Waals surface area contributed by atoms with E-state index in [1.807, 2.05) is 0 Å². The molecule has 1 heterocycles. The summed E-state index contributed by atoms with van der Waals surface area (Å²) >= 11 is 0. The summed E-state index contributed by atoms with van der Waals surface area (Å²) in [5.74, 6) is -1.01. The van der Waals surface area contributed by atoms with E-state index in [2.05, 4.69) is 9.46 Å². The van der Waals surface area contributed by atoms with Crippen molar-refractivity contribution < 1.29 is 27.4 Å². The first-order valence-corrected chi connectivity index (χ1v) is 9.41. The van der Waals surface area contributed by atoms with Gasteiger partial charge in [-0.1, -0.05) is 0 Å². The van der Waals surface area contributed by atoms with E-state index < -0.39 is 21.8 Å². The van der Waals surface area contributed by atoms with E-state index in [1.165, 1.54) is 31.4 Å². The molecule has 0 radical (unpaired) electrons. The SMILES string of the molecule is COC(=O)c1ccc(S(=O)(=O)NC2CCC3(CC2)OCCO3)cc1. The quantitative estimate of drug-likeness (QED) is 0.822. The minimum atomic E-state index is -3.63. The molecule has 2 aliphatic rings. The number of benzene rings is 1. The van der Waals surface area contributed by atoms with Gasteiger partial charge in [-0.2, -0.15) is 0 Å². The van der Waals surface area contributed by atoms with Crippen LogP contribution in [-0.4, -0.2) is 46.5 Å². The van der Waals surface area contributed by atoms with Gasteiger partial charge >= 0.3 is 5.97 Å². The molecule has 0 unspecified atom stereocenters. The lowest BCUT2D eigenvalue weighted by Gasteiger charge is -2.35. The fourth-order valence-electron chi connectivity index (χ4n) is 3.14. The first-order chi connectivity index (χ1) is 11.4. The standard InChI is InChI=1S/C16H21NO6S/c1-21-15(18)12-2-4-14(5-3-12)24(19,20)17-13-6-8-16(9-7-13)22-10-11-23-16/h2-5,13,17H,6-11H2,1H3. The van der Waals surface area contributed by atoms with Gasteiger partial charge in [0.1, 0.15) is 0 Å². The monoisotopic (exact) mass is 355 g/mol. The number of hydrogen-bond donors (Lipinski definition) is 1. The topological polar surface area (TPSA) is 90.9 Å². The summed E-state index contributed by atoms with van der Waals surface area (Å²) in [6, 6.07) is 5.55. The van der Waals surface area contributed by atoms with Crippen LogP contribution in [-0.2, 0) is 24.2 Å². The molecule has 1 aromatic rings. The van der Waals surface area contributed by atoms with Gasteiger partial charge in [-0.05, 0) is 37.1 Å². The van der Waals surface area contributed by atoms with Crippen molar-refractivity contribution in [1.82, 2.24) is 4.72 Å². The Balaban J connectivity index is 1.63. The third-order valence-electron chi connectivity index (χ3n) is 4.47. The summed E-state index contributed by atoms with van der Waals surface area (Å²) in [6.45, 7) is 1.20. The predicted molar refractivity (Wildman–Crippen MR) is 85.0 cm³/mol. The van der Waals surface area contributed by atoms with E-state index in [-0.39, 0.29) is 10.9 Å². The number of methoxy groups -OCH3 is 1. The van der Waals surface area contributed by atoms with Gasteiger partial charge < -0.3 is 14.2 Å². The molecule has 1 spiro atoms. The molecule has 2 fully saturated rings. The highest BCUT2D eigenvalue weighted by molar-refractivity contribution is 7.89. The molecule has 0 aromatic heterocycles. The summed E-state index contributed by atoms with van der Waals surface area (Å²) in [7, 11) is -2.35. The highest BCUT2D eigenvalue weighted by atomic mass is 32.2. The van der Waals surface area contributed by atoms with Crippen LogP contribution in [0.4, 0.5) is 0 Å². The van der Waals surface area contributed by atoms with Crippen LogP contribution in [0.1, 0.15) is 36.0 Å². The summed E-state index contributed by atoms with van der Waals surface area (Å²) in [6.07, 6.45) is 2.70. The van der Waals surface area contributed by atoms with Crippen molar-refractivity contribution in [2.45, 2.75) is 42.4 Å². The Labute approximate surface area is 141 Å². The Bertz CT molecular complexity index is 684. The van der Waals surface area contributed by atoms with Crippen molar-refractivity contribution in [3.8, 4) is 0 Å². The van der Waals surface area contributed by atoms with Crippen LogP contribution in [0.5, 0.6) is 0 Å². The highest BCUT2D eigenvalue weighted by Crippen LogP contribution is 2.36. The van der Waals surface area contributed by atoms with Crippen molar-refractivity contribution >= 4 is 16.0 Å². The maximum absolute atomic E-state index is 12.5. The van der Waals surface area contributed by atoms with E-state index in [0.29, 0.717) is 44.5 Å². The summed E-state index contributed by atoms with van der Waals surface area (Å²) in [5, 5.41) is 0. The maximum atomic E-state index is 12.5. The maximum Gasteiger partial charge on any atom is 0.337 e. The molecular weight excluding hydrogens is 334 g/mol. The molecule has 1 aliphatic heterocycles. The van der Waals surface area contributed by atoms with Gasteiger partial charge in [-0.15, -0.1) is 0 Å². The van der Waals surface area contributed by atoms with Gasteiger partial charge in [-0.25, -0.2) is 17.9 Å². The molecule has 0 amide bonds. The van der Waals surface area contributed by atoms with Crippen LogP contribution in [0, 0.1) is 0 Å². The van der Waals surface area contributed by atoms with E-state index in [9.17, 15) is 13.2 Å². The number of sulfonamides is 1. The Hall–Kier alpha value is -1.48. The molecule has 3 rings (SSSR count). The number of rotatable bonds is 4. The van der Waals surface area contributed by atoms with Crippen molar-refractivity contribution in [1.29, 1.82) is 0 Å². The predicted octanol–water partition coefficient (Wildman–Crippen LogP) is 1.44. The van der Waals surface area contributed by atoms with Gasteiger partial charge in [-0.3, -0.25) is 0 Å². The van der Waals surface area contributed by atoms with E-state index in [0.717, 1.165) is 0 Å². The number of nitrogens with one attached hydrogen (secondary N) is 1. The third-order valence-corrected chi connectivity index (χ3v) is 6.00. The lowest BCUT2D eigenvalue weighted by Crippen LogP contribution is -2.43. The normalized spacial score (nSPS) is 21.0. The Morgan fingerprint density at radius 1 is 1.17 bits per heavy atom. The molecule has 1 saturated heterocycles. The Morgan fingerprint density at radius 3 is 2.29 bits per heavy atom. The minimum Gasteiger partial charge on any atom is -0.465 e. The van der Waals surface area contributed by atoms with E-state index in [4.69, 9.17) is 9.47 Å². The van der Waals surface area contributed by atoms with Crippen LogP contribution in [0.25, 0.3) is 0 Å². The number of carbonyl (C=O) groups is 1. The zero-order valence-corrected chi connectivity index (χ0v) is 14.3. The van der Waals surface area contributed by atoms with Gasteiger partial charge in [0.2, 0.25) is 10.0 Å². The Morgan fingerprint density at radius 2 is 1.75 bits per heavy atom. The smallest absolute Gasteiger partial charge is 0.337 e. The Kier molecular flexibility index (Phi) is 4.91. The summed E-state index contributed by atoms with van der Waals surface area (Å²) < 4.78 is 43.6. The second kappa shape index (κ2) is 6.79. The van der Waals surface area contributed by atoms with E-state index >= 15 is 0 Å². The van der Waals surface area contributed by atoms with Crippen LogP contribution in [0.3, 0.4) is 0 Å². The van der Waals surface area contributed by atoms with Crippen molar-refractivity contribution in [3.05, 3.63) is 29.8 Å². The van der Waals surface area contributed by atoms with Crippen LogP contribution in [0.15, 0.2) is 29.2 Å². The first-order valence-electron chi connectivity index (χ1n) is 7.93. The molecule has 1 aromatic carbocycles. The van der Waals surface area contributed by atoms with Crippen molar-refractivity contribution in [3.63, 3.8) is 0 Å². The number of carbonyl (C=O) groups excluding carboxylic acids is 1. The lowest BCUT2D eigenvalue weighted by atomic mass is 9.91. The van der Waals surface area contributed by atoms with Crippen molar-refractivity contribution in [2.75, 3.05) is 20.3 Å². The zero-order chi connectivity index (χ0) is 17.2. The fourth-order valence-corrected chi connectivity index (χ4v) is 4.44. The largest absolute Gasteiger partial charge is 0.465 e. The average molecular weight is 355 g/mol. The lowest BCUT2D eigenvalue weighted by molar-refractivity contribution is -0.178. The van der Waals surface area contributed by atoms with E-state index in [1.54, 1.807) is 0 Å². The van der Waals surface area contributed by atoms with Crippen molar-refractivity contribution in [2.24, 2.45) is 0 Å². The zero-order valence-electron chi connectivity index (χ0n) is 13.5. The van der Waals surface area contributed by atoms with Gasteiger partial charge in [0.25, 0.3) is 0 Å². The number of ether oxygens (including phenoxy) is 3. The minimum absolute atomic E-state index is 0.129. The number of hydrogen-bond acceptors (Lipinski definition) is 6. The fraction of sp³-hybridized carbons (Fsp3) is 0.562. The molecule has 8 heteroatoms. The second-order valence-electron chi connectivity index (χ2n) is 6.02. The van der Waals surface area contributed by atoms with Gasteiger partial charge in [0.05, 0.1) is 30.8 Å². The van der Waals surface area contributed by atoms with Gasteiger partial charge in [0, 0.05) is 18.9 Å². The van der Waals surface area contributed by atoms with Crippen LogP contribution < -0.4 is 4.72 Å². The molecule has 132 valence electrons. The molecule has 24 heavy (non-hydrogen) atoms.